The van der Waals surface area contributed by atoms with Crippen LogP contribution in [0.4, 0.5) is 0 Å². The summed E-state index contributed by atoms with van der Waals surface area (Å²) in [7, 11) is 0. The summed E-state index contributed by atoms with van der Waals surface area (Å²) in [5, 5.41) is 3.00. The van der Waals surface area contributed by atoms with Gasteiger partial charge in [0.25, 0.3) is 11.8 Å². The lowest BCUT2D eigenvalue weighted by Crippen LogP contribution is -2.37. The Kier molecular flexibility index (Phi) is 5.71. The number of hydrogen-bond acceptors (Lipinski definition) is 2. The fourth-order valence-corrected chi connectivity index (χ4v) is 3.26. The number of amides is 2. The maximum atomic E-state index is 12.6. The number of nitrogens with zero attached hydrogens (tertiary/aromatic N) is 1. The Labute approximate surface area is 155 Å². The van der Waals surface area contributed by atoms with E-state index in [1.165, 1.54) is 0 Å². The van der Waals surface area contributed by atoms with Gasteiger partial charge in [-0.3, -0.25) is 9.59 Å². The van der Waals surface area contributed by atoms with Crippen molar-refractivity contribution in [2.24, 2.45) is 5.92 Å². The van der Waals surface area contributed by atoms with Crippen LogP contribution >= 0.6 is 0 Å². The molecule has 3 rings (SSSR count). The highest BCUT2D eigenvalue weighted by Crippen LogP contribution is 2.19. The smallest absolute Gasteiger partial charge is 0.253 e. The number of hydrogen-bond donors (Lipinski definition) is 1. The van der Waals surface area contributed by atoms with E-state index in [1.54, 1.807) is 24.3 Å². The lowest BCUT2D eigenvalue weighted by Gasteiger charge is -2.30. The molecule has 4 nitrogen and oxygen atoms in total. The minimum Gasteiger partial charge on any atom is -0.346 e. The molecule has 1 aliphatic rings. The van der Waals surface area contributed by atoms with Crippen molar-refractivity contribution in [2.75, 3.05) is 13.1 Å². The summed E-state index contributed by atoms with van der Waals surface area (Å²) < 4.78 is 0. The highest BCUT2D eigenvalue weighted by atomic mass is 16.2. The summed E-state index contributed by atoms with van der Waals surface area (Å²) in [6.45, 7) is 5.82. The second kappa shape index (κ2) is 8.17. The minimum atomic E-state index is -0.132. The molecule has 1 N–H and O–H groups in total. The molecule has 1 saturated heterocycles. The van der Waals surface area contributed by atoms with Crippen LogP contribution in [0.25, 0.3) is 0 Å². The van der Waals surface area contributed by atoms with Crippen molar-refractivity contribution in [3.8, 4) is 0 Å². The first-order chi connectivity index (χ1) is 12.5. The van der Waals surface area contributed by atoms with Crippen molar-refractivity contribution in [3.05, 3.63) is 71.3 Å². The molecular weight excluding hydrogens is 324 g/mol. The van der Waals surface area contributed by atoms with Gasteiger partial charge in [-0.05, 0) is 55.5 Å². The standard InChI is InChI=1S/C22H26N2O2/c1-16-12-14-24(15-13-16)22(26)20-10-8-19(9-11-20)21(25)23-17(2)18-6-4-3-5-7-18/h3-11,16-17H,12-15H2,1-2H3,(H,23,25). The summed E-state index contributed by atoms with van der Waals surface area (Å²) >= 11 is 0. The first-order valence-electron chi connectivity index (χ1n) is 9.29. The predicted octanol–water partition coefficient (Wildman–Crippen LogP) is 4.05. The Bertz CT molecular complexity index is 747. The Balaban J connectivity index is 1.61. The van der Waals surface area contributed by atoms with E-state index in [0.29, 0.717) is 17.0 Å². The second-order valence-electron chi connectivity index (χ2n) is 7.16. The van der Waals surface area contributed by atoms with Crippen LogP contribution in [0.15, 0.2) is 54.6 Å². The van der Waals surface area contributed by atoms with Gasteiger partial charge in [0, 0.05) is 24.2 Å². The van der Waals surface area contributed by atoms with Gasteiger partial charge in [-0.25, -0.2) is 0 Å². The van der Waals surface area contributed by atoms with Crippen LogP contribution in [-0.4, -0.2) is 29.8 Å². The highest BCUT2D eigenvalue weighted by Gasteiger charge is 2.21. The van der Waals surface area contributed by atoms with Crippen molar-refractivity contribution < 1.29 is 9.59 Å². The molecule has 2 aromatic carbocycles. The summed E-state index contributed by atoms with van der Waals surface area (Å²) in [6.07, 6.45) is 2.12. The van der Waals surface area contributed by atoms with Gasteiger partial charge in [-0.1, -0.05) is 37.3 Å². The molecule has 0 bridgehead atoms. The van der Waals surface area contributed by atoms with Gasteiger partial charge >= 0.3 is 0 Å². The van der Waals surface area contributed by atoms with Crippen LogP contribution in [0.3, 0.4) is 0 Å². The molecule has 1 heterocycles. The average molecular weight is 350 g/mol. The van der Waals surface area contributed by atoms with Crippen LogP contribution in [0.5, 0.6) is 0 Å². The van der Waals surface area contributed by atoms with Crippen LogP contribution < -0.4 is 5.32 Å². The van der Waals surface area contributed by atoms with E-state index >= 15 is 0 Å². The third kappa shape index (κ3) is 4.31. The second-order valence-corrected chi connectivity index (χ2v) is 7.16. The molecule has 0 aliphatic carbocycles. The van der Waals surface area contributed by atoms with E-state index < -0.39 is 0 Å². The van der Waals surface area contributed by atoms with Gasteiger partial charge in [-0.2, -0.15) is 0 Å². The van der Waals surface area contributed by atoms with E-state index in [1.807, 2.05) is 42.2 Å². The third-order valence-corrected chi connectivity index (χ3v) is 5.11. The quantitative estimate of drug-likeness (QED) is 0.904. The number of benzene rings is 2. The van der Waals surface area contributed by atoms with Crippen molar-refractivity contribution >= 4 is 11.8 Å². The summed E-state index contributed by atoms with van der Waals surface area (Å²) in [6, 6.07) is 16.7. The van der Waals surface area contributed by atoms with Crippen LogP contribution in [0, 0.1) is 5.92 Å². The molecule has 26 heavy (non-hydrogen) atoms. The summed E-state index contributed by atoms with van der Waals surface area (Å²) in [5.41, 5.74) is 2.27. The maximum absolute atomic E-state index is 12.6. The minimum absolute atomic E-state index is 0.0570. The van der Waals surface area contributed by atoms with Crippen LogP contribution in [-0.2, 0) is 0 Å². The molecule has 1 atom stereocenters. The number of rotatable bonds is 4. The zero-order valence-electron chi connectivity index (χ0n) is 15.4. The Hall–Kier alpha value is -2.62. The van der Waals surface area contributed by atoms with Gasteiger partial charge in [0.15, 0.2) is 0 Å². The molecule has 0 spiro atoms. The monoisotopic (exact) mass is 350 g/mol. The molecule has 1 aliphatic heterocycles. The molecule has 0 aromatic heterocycles. The fourth-order valence-electron chi connectivity index (χ4n) is 3.26. The van der Waals surface area contributed by atoms with Gasteiger partial charge in [0.05, 0.1) is 6.04 Å². The molecule has 1 fully saturated rings. The van der Waals surface area contributed by atoms with Crippen LogP contribution in [0.1, 0.15) is 59.0 Å². The number of carbonyl (C=O) groups excluding carboxylic acids is 2. The SMILES string of the molecule is CC1CCN(C(=O)c2ccc(C(=O)NC(C)c3ccccc3)cc2)CC1. The molecule has 0 saturated carbocycles. The zero-order valence-corrected chi connectivity index (χ0v) is 15.4. The molecule has 2 aromatic rings. The molecule has 4 heteroatoms. The zero-order chi connectivity index (χ0) is 18.5. The number of piperidine rings is 1. The molecule has 1 unspecified atom stereocenters. The number of likely N-dealkylation sites (tertiary alicyclic amines) is 1. The van der Waals surface area contributed by atoms with Crippen molar-refractivity contribution in [2.45, 2.75) is 32.7 Å². The largest absolute Gasteiger partial charge is 0.346 e. The topological polar surface area (TPSA) is 49.4 Å². The van der Waals surface area contributed by atoms with Gasteiger partial charge in [0.1, 0.15) is 0 Å². The molecular formula is C22H26N2O2. The van der Waals surface area contributed by atoms with Gasteiger partial charge < -0.3 is 10.2 Å². The molecule has 2 amide bonds. The first kappa shape index (κ1) is 18.2. The molecule has 136 valence electrons. The first-order valence-corrected chi connectivity index (χ1v) is 9.29. The predicted molar refractivity (Wildman–Crippen MR) is 103 cm³/mol. The van der Waals surface area contributed by atoms with Crippen molar-refractivity contribution in [1.29, 1.82) is 0 Å². The number of nitrogens with one attached hydrogen (secondary N) is 1. The van der Waals surface area contributed by atoms with E-state index in [4.69, 9.17) is 0 Å². The van der Waals surface area contributed by atoms with Crippen molar-refractivity contribution in [1.82, 2.24) is 10.2 Å². The normalized spacial score (nSPS) is 16.2. The summed E-state index contributed by atoms with van der Waals surface area (Å²) in [5.74, 6) is 0.616. The highest BCUT2D eigenvalue weighted by molar-refractivity contribution is 5.98. The van der Waals surface area contributed by atoms with E-state index in [9.17, 15) is 9.59 Å². The lowest BCUT2D eigenvalue weighted by atomic mass is 9.98. The summed E-state index contributed by atoms with van der Waals surface area (Å²) in [4.78, 5) is 26.9. The Morgan fingerprint density at radius 1 is 0.962 bits per heavy atom. The van der Waals surface area contributed by atoms with Crippen molar-refractivity contribution in [3.63, 3.8) is 0 Å². The fraction of sp³-hybridized carbons (Fsp3) is 0.364. The van der Waals surface area contributed by atoms with E-state index in [0.717, 1.165) is 31.5 Å². The van der Waals surface area contributed by atoms with Gasteiger partial charge in [-0.15, -0.1) is 0 Å². The van der Waals surface area contributed by atoms with Crippen LogP contribution in [0.2, 0.25) is 0 Å². The van der Waals surface area contributed by atoms with E-state index in [2.05, 4.69) is 12.2 Å². The third-order valence-electron chi connectivity index (χ3n) is 5.11. The Morgan fingerprint density at radius 3 is 2.15 bits per heavy atom. The number of carbonyl (C=O) groups is 2. The Morgan fingerprint density at radius 2 is 1.54 bits per heavy atom. The lowest BCUT2D eigenvalue weighted by molar-refractivity contribution is 0.0696. The molecule has 0 radical (unpaired) electrons. The van der Waals surface area contributed by atoms with E-state index in [-0.39, 0.29) is 17.9 Å². The van der Waals surface area contributed by atoms with Gasteiger partial charge in [0.2, 0.25) is 0 Å². The maximum Gasteiger partial charge on any atom is 0.253 e. The average Bonchev–Trinajstić information content (AvgIpc) is 2.69.